The number of aryl methyl sites for hydroxylation is 2. The van der Waals surface area contributed by atoms with Crippen LogP contribution in [-0.4, -0.2) is 5.97 Å². The second-order valence-corrected chi connectivity index (χ2v) is 3.21. The van der Waals surface area contributed by atoms with E-state index in [1.807, 2.05) is 29.8 Å². The Hall–Kier alpha value is -1.38. The lowest BCUT2D eigenvalue weighted by Crippen LogP contribution is -2.40. The first kappa shape index (κ1) is 10.7. The fraction of sp³-hybridized carbons (Fsp3) is 0.455. The third-order valence-electron chi connectivity index (χ3n) is 2.26. The highest BCUT2D eigenvalue weighted by Crippen LogP contribution is 2.01. The van der Waals surface area contributed by atoms with E-state index in [0.717, 1.165) is 24.2 Å². The van der Waals surface area contributed by atoms with Crippen LogP contribution in [0.3, 0.4) is 0 Å². The molecule has 0 aliphatic carbocycles. The molecule has 0 atom stereocenters. The van der Waals surface area contributed by atoms with Crippen molar-refractivity contribution in [2.45, 2.75) is 33.2 Å². The minimum absolute atomic E-state index is 0.0122. The summed E-state index contributed by atoms with van der Waals surface area (Å²) in [6.07, 6.45) is 2.84. The van der Waals surface area contributed by atoms with Crippen molar-refractivity contribution in [3.8, 4) is 0 Å². The molecule has 0 aromatic carbocycles. The number of carbonyl (C=O) groups is 1. The lowest BCUT2D eigenvalue weighted by atomic mass is 10.1. The maximum absolute atomic E-state index is 10.5. The highest BCUT2D eigenvalue weighted by atomic mass is 16.4. The fourth-order valence-corrected chi connectivity index (χ4v) is 1.46. The van der Waals surface area contributed by atoms with Gasteiger partial charge in [0.2, 0.25) is 0 Å². The molecule has 14 heavy (non-hydrogen) atoms. The summed E-state index contributed by atoms with van der Waals surface area (Å²) in [6, 6.07) is 3.95. The number of aliphatic carboxylic acids is 1. The molecule has 0 radical (unpaired) electrons. The zero-order valence-electron chi connectivity index (χ0n) is 8.62. The molecular weight excluding hydrogens is 178 g/mol. The molecule has 3 nitrogen and oxygen atoms in total. The smallest absolute Gasteiger partial charge is 0.187 e. The van der Waals surface area contributed by atoms with E-state index in [0.29, 0.717) is 0 Å². The van der Waals surface area contributed by atoms with Crippen molar-refractivity contribution < 1.29 is 14.5 Å². The number of pyridine rings is 1. The van der Waals surface area contributed by atoms with Gasteiger partial charge in [0.25, 0.3) is 0 Å². The lowest BCUT2D eigenvalue weighted by molar-refractivity contribution is -0.700. The van der Waals surface area contributed by atoms with Gasteiger partial charge in [-0.2, -0.15) is 0 Å². The molecule has 0 bridgehead atoms. The van der Waals surface area contributed by atoms with Gasteiger partial charge in [-0.15, -0.1) is 0 Å². The second kappa shape index (κ2) is 4.74. The van der Waals surface area contributed by atoms with Crippen LogP contribution in [0.2, 0.25) is 0 Å². The molecule has 0 unspecified atom stereocenters. The first-order valence-electron chi connectivity index (χ1n) is 4.88. The molecule has 0 amide bonds. The molecule has 0 saturated heterocycles. The van der Waals surface area contributed by atoms with E-state index in [1.54, 1.807) is 0 Å². The molecule has 3 heteroatoms. The number of aromatic nitrogens is 1. The van der Waals surface area contributed by atoms with Gasteiger partial charge in [0, 0.05) is 12.1 Å². The summed E-state index contributed by atoms with van der Waals surface area (Å²) >= 11 is 0. The van der Waals surface area contributed by atoms with Crippen molar-refractivity contribution in [2.75, 3.05) is 0 Å². The highest BCUT2D eigenvalue weighted by molar-refractivity contribution is 5.66. The van der Waals surface area contributed by atoms with Crippen LogP contribution in [0.4, 0.5) is 0 Å². The molecule has 0 spiro atoms. The summed E-state index contributed by atoms with van der Waals surface area (Å²) in [4.78, 5) is 10.5. The summed E-state index contributed by atoms with van der Waals surface area (Å²) in [6.45, 7) is 4.82. The maximum Gasteiger partial charge on any atom is 0.187 e. The maximum atomic E-state index is 10.5. The Labute approximate surface area is 84.0 Å². The normalized spacial score (nSPS) is 10.1. The van der Waals surface area contributed by atoms with E-state index in [2.05, 4.69) is 6.92 Å². The molecule has 1 rings (SSSR count). The predicted molar refractivity (Wildman–Crippen MR) is 50.4 cm³/mol. The largest absolute Gasteiger partial charge is 0.550 e. The van der Waals surface area contributed by atoms with Gasteiger partial charge in [-0.25, -0.2) is 4.57 Å². The van der Waals surface area contributed by atoms with Gasteiger partial charge in [0.05, 0.1) is 12.4 Å². The predicted octanol–water partition coefficient (Wildman–Crippen LogP) is -0.151. The number of carboxylic acids is 1. The van der Waals surface area contributed by atoms with Gasteiger partial charge in [0.15, 0.2) is 11.9 Å². The van der Waals surface area contributed by atoms with Gasteiger partial charge >= 0.3 is 0 Å². The lowest BCUT2D eigenvalue weighted by Gasteiger charge is -2.04. The number of carboxylic acid groups (broad SMARTS) is 1. The van der Waals surface area contributed by atoms with Crippen molar-refractivity contribution in [3.63, 3.8) is 0 Å². The molecular formula is C11H15NO2. The molecule has 0 aliphatic heterocycles. The number of rotatable bonds is 4. The van der Waals surface area contributed by atoms with Crippen molar-refractivity contribution in [1.29, 1.82) is 0 Å². The van der Waals surface area contributed by atoms with E-state index in [9.17, 15) is 9.90 Å². The zero-order valence-corrected chi connectivity index (χ0v) is 8.62. The molecule has 1 aromatic rings. The summed E-state index contributed by atoms with van der Waals surface area (Å²) in [5, 5.41) is 10.5. The van der Waals surface area contributed by atoms with Crippen molar-refractivity contribution in [1.82, 2.24) is 0 Å². The van der Waals surface area contributed by atoms with Crippen LogP contribution in [0.25, 0.3) is 0 Å². The van der Waals surface area contributed by atoms with Crippen LogP contribution < -0.4 is 9.67 Å². The molecule has 0 aliphatic rings. The van der Waals surface area contributed by atoms with Crippen LogP contribution in [0, 0.1) is 0 Å². The van der Waals surface area contributed by atoms with Crippen molar-refractivity contribution >= 4 is 5.97 Å². The molecule has 76 valence electrons. The van der Waals surface area contributed by atoms with Crippen LogP contribution in [0.15, 0.2) is 18.3 Å². The Morgan fingerprint density at radius 1 is 1.50 bits per heavy atom. The second-order valence-electron chi connectivity index (χ2n) is 3.21. The fourth-order valence-electron chi connectivity index (χ4n) is 1.46. The van der Waals surface area contributed by atoms with Gasteiger partial charge < -0.3 is 9.90 Å². The van der Waals surface area contributed by atoms with Gasteiger partial charge in [-0.1, -0.05) is 6.92 Å². The quantitative estimate of drug-likeness (QED) is 0.624. The van der Waals surface area contributed by atoms with Crippen molar-refractivity contribution in [3.05, 3.63) is 29.6 Å². The summed E-state index contributed by atoms with van der Waals surface area (Å²) < 4.78 is 1.93. The summed E-state index contributed by atoms with van der Waals surface area (Å²) in [5.74, 6) is -1.03. The van der Waals surface area contributed by atoms with E-state index < -0.39 is 5.97 Å². The average Bonchev–Trinajstić information content (AvgIpc) is 2.16. The van der Waals surface area contributed by atoms with Crippen LogP contribution in [0.1, 0.15) is 25.1 Å². The Morgan fingerprint density at radius 2 is 2.21 bits per heavy atom. The van der Waals surface area contributed by atoms with E-state index >= 15 is 0 Å². The number of carbonyl (C=O) groups excluding carboxylic acids is 1. The number of nitrogens with zero attached hydrogens (tertiary/aromatic N) is 1. The monoisotopic (exact) mass is 193 g/mol. The number of hydrogen-bond acceptors (Lipinski definition) is 2. The molecule has 1 aromatic heterocycles. The Kier molecular flexibility index (Phi) is 3.63. The van der Waals surface area contributed by atoms with E-state index in [1.165, 1.54) is 0 Å². The highest BCUT2D eigenvalue weighted by Gasteiger charge is 2.09. The number of hydrogen-bond donors (Lipinski definition) is 0. The van der Waals surface area contributed by atoms with Gasteiger partial charge in [-0.05, 0) is 18.9 Å². The summed E-state index contributed by atoms with van der Waals surface area (Å²) in [5.41, 5.74) is 1.97. The molecule has 0 saturated carbocycles. The van der Waals surface area contributed by atoms with Gasteiger partial charge in [0.1, 0.15) is 6.54 Å². The third kappa shape index (κ3) is 2.55. The van der Waals surface area contributed by atoms with E-state index in [4.69, 9.17) is 0 Å². The minimum Gasteiger partial charge on any atom is -0.550 e. The first-order chi connectivity index (χ1) is 6.67. The molecule has 0 fully saturated rings. The zero-order chi connectivity index (χ0) is 10.6. The average molecular weight is 193 g/mol. The van der Waals surface area contributed by atoms with Crippen molar-refractivity contribution in [2.24, 2.45) is 0 Å². The third-order valence-corrected chi connectivity index (χ3v) is 2.26. The Balaban J connectivity index is 3.01. The summed E-state index contributed by atoms with van der Waals surface area (Å²) in [7, 11) is 0. The van der Waals surface area contributed by atoms with Crippen LogP contribution in [0.5, 0.6) is 0 Å². The first-order valence-corrected chi connectivity index (χ1v) is 4.88. The van der Waals surface area contributed by atoms with Crippen LogP contribution in [-0.2, 0) is 24.2 Å². The SMILES string of the molecule is CCc1cc[n+](CC)c(CC(=O)[O-])c1. The Bertz CT molecular complexity index is 334. The van der Waals surface area contributed by atoms with E-state index in [-0.39, 0.29) is 6.42 Å². The standard InChI is InChI=1S/C11H15NO2/c1-3-9-5-6-12(4-2)10(7-9)8-11(13)14/h5-7H,3-4,8H2,1-2H3. The van der Waals surface area contributed by atoms with Gasteiger partial charge in [-0.3, -0.25) is 0 Å². The molecule has 0 N–H and O–H groups in total. The Morgan fingerprint density at radius 3 is 2.71 bits per heavy atom. The topological polar surface area (TPSA) is 44.0 Å². The van der Waals surface area contributed by atoms with Crippen LogP contribution >= 0.6 is 0 Å². The molecule has 1 heterocycles. The minimum atomic E-state index is -1.03.